The lowest BCUT2D eigenvalue weighted by Crippen LogP contribution is -2.33. The van der Waals surface area contributed by atoms with E-state index in [1.54, 1.807) is 7.11 Å². The van der Waals surface area contributed by atoms with Gasteiger partial charge in [0.2, 0.25) is 0 Å². The third-order valence-electron chi connectivity index (χ3n) is 7.24. The molecule has 0 amide bonds. The second-order valence-electron chi connectivity index (χ2n) is 9.21. The predicted molar refractivity (Wildman–Crippen MR) is 122 cm³/mol. The van der Waals surface area contributed by atoms with Gasteiger partial charge in [0.25, 0.3) is 0 Å². The van der Waals surface area contributed by atoms with E-state index in [1.807, 2.05) is 16.6 Å². The molecule has 1 aliphatic carbocycles. The van der Waals surface area contributed by atoms with Crippen molar-refractivity contribution in [2.75, 3.05) is 20.2 Å². The Kier molecular flexibility index (Phi) is 5.37. The van der Waals surface area contributed by atoms with Crippen molar-refractivity contribution in [3.05, 3.63) is 35.7 Å². The minimum Gasteiger partial charge on any atom is -0.497 e. The van der Waals surface area contributed by atoms with Crippen molar-refractivity contribution in [3.63, 3.8) is 0 Å². The van der Waals surface area contributed by atoms with Crippen LogP contribution in [0.15, 0.2) is 24.3 Å². The molecule has 0 radical (unpaired) electrons. The second kappa shape index (κ2) is 8.66. The molecule has 4 heterocycles. The standard InChI is InChI=1S/C23H29N9O/c1-33-18-11-10-16-14-19(22-24-26-29-32(22)20(16)15-18)21(30-12-6-2-3-7-13-30)23-25-27-28-31(23)17-8-4-5-9-17/h10-11,14-15,17,21H,2-9,12-13H2,1H3/t21-/m1/s1. The largest absolute Gasteiger partial charge is 0.497 e. The quantitative estimate of drug-likeness (QED) is 0.459. The van der Waals surface area contributed by atoms with E-state index in [0.29, 0.717) is 6.04 Å². The summed E-state index contributed by atoms with van der Waals surface area (Å²) in [6.45, 7) is 2.02. The van der Waals surface area contributed by atoms with Gasteiger partial charge in [-0.2, -0.15) is 4.52 Å². The lowest BCUT2D eigenvalue weighted by molar-refractivity contribution is 0.218. The molecule has 1 aromatic carbocycles. The second-order valence-corrected chi connectivity index (χ2v) is 9.21. The maximum atomic E-state index is 5.45. The van der Waals surface area contributed by atoms with Crippen molar-refractivity contribution < 1.29 is 4.74 Å². The van der Waals surface area contributed by atoms with Crippen molar-refractivity contribution in [2.24, 2.45) is 0 Å². The van der Waals surface area contributed by atoms with Gasteiger partial charge in [-0.05, 0) is 77.8 Å². The number of ether oxygens (including phenoxy) is 1. The highest BCUT2D eigenvalue weighted by atomic mass is 16.5. The fraction of sp³-hybridized carbons (Fsp3) is 0.565. The van der Waals surface area contributed by atoms with Gasteiger partial charge in [-0.1, -0.05) is 25.7 Å². The summed E-state index contributed by atoms with van der Waals surface area (Å²) < 4.78 is 9.35. The van der Waals surface area contributed by atoms with Crippen molar-refractivity contribution in [3.8, 4) is 5.75 Å². The van der Waals surface area contributed by atoms with Crippen molar-refractivity contribution in [1.29, 1.82) is 0 Å². The number of tetrazole rings is 2. The molecule has 3 aromatic heterocycles. The summed E-state index contributed by atoms with van der Waals surface area (Å²) in [6, 6.07) is 8.50. The monoisotopic (exact) mass is 447 g/mol. The van der Waals surface area contributed by atoms with E-state index in [9.17, 15) is 0 Å². The van der Waals surface area contributed by atoms with Gasteiger partial charge >= 0.3 is 0 Å². The van der Waals surface area contributed by atoms with Crippen LogP contribution in [0.3, 0.4) is 0 Å². The number of aromatic nitrogens is 8. The Balaban J connectivity index is 1.55. The molecule has 4 aromatic rings. The fourth-order valence-electron chi connectivity index (χ4n) is 5.56. The Labute approximate surface area is 191 Å². The predicted octanol–water partition coefficient (Wildman–Crippen LogP) is 3.35. The Morgan fingerprint density at radius 3 is 2.48 bits per heavy atom. The van der Waals surface area contributed by atoms with E-state index in [1.165, 1.54) is 38.5 Å². The number of likely N-dealkylation sites (tertiary alicyclic amines) is 1. The van der Waals surface area contributed by atoms with Crippen molar-refractivity contribution >= 4 is 16.6 Å². The first-order chi connectivity index (χ1) is 16.3. The van der Waals surface area contributed by atoms with E-state index in [2.05, 4.69) is 52.8 Å². The van der Waals surface area contributed by atoms with E-state index < -0.39 is 0 Å². The van der Waals surface area contributed by atoms with Crippen LogP contribution in [0.1, 0.15) is 74.8 Å². The third-order valence-corrected chi connectivity index (χ3v) is 7.24. The van der Waals surface area contributed by atoms with Crippen LogP contribution in [-0.2, 0) is 0 Å². The van der Waals surface area contributed by atoms with Gasteiger partial charge in [0.1, 0.15) is 11.8 Å². The molecular formula is C23H29N9O. The number of fused-ring (bicyclic) bond motifs is 3. The van der Waals surface area contributed by atoms with Crippen LogP contribution in [0.4, 0.5) is 0 Å². The highest BCUT2D eigenvalue weighted by molar-refractivity contribution is 5.84. The molecule has 0 spiro atoms. The number of rotatable bonds is 5. The molecule has 2 aliphatic rings. The normalized spacial score (nSPS) is 19.3. The van der Waals surface area contributed by atoms with Crippen LogP contribution in [0.2, 0.25) is 0 Å². The molecule has 1 saturated heterocycles. The average molecular weight is 448 g/mol. The van der Waals surface area contributed by atoms with Crippen LogP contribution in [0, 0.1) is 0 Å². The van der Waals surface area contributed by atoms with Crippen LogP contribution in [0.25, 0.3) is 16.6 Å². The summed E-state index contributed by atoms with van der Waals surface area (Å²) in [7, 11) is 1.67. The average Bonchev–Trinajstić information content (AvgIpc) is 3.59. The van der Waals surface area contributed by atoms with E-state index in [-0.39, 0.29) is 6.04 Å². The minimum absolute atomic E-state index is 0.0984. The molecule has 172 valence electrons. The first-order valence-electron chi connectivity index (χ1n) is 12.0. The molecule has 1 saturated carbocycles. The summed E-state index contributed by atoms with van der Waals surface area (Å²) in [5.41, 5.74) is 2.71. The smallest absolute Gasteiger partial charge is 0.185 e. The molecule has 0 N–H and O–H groups in total. The van der Waals surface area contributed by atoms with E-state index in [4.69, 9.17) is 4.74 Å². The molecule has 2 fully saturated rings. The van der Waals surface area contributed by atoms with Crippen molar-refractivity contribution in [2.45, 2.75) is 63.5 Å². The first-order valence-corrected chi connectivity index (χ1v) is 12.0. The lowest BCUT2D eigenvalue weighted by Gasteiger charge is -2.31. The Morgan fingerprint density at radius 1 is 0.909 bits per heavy atom. The minimum atomic E-state index is -0.0984. The first kappa shape index (κ1) is 20.5. The zero-order valence-electron chi connectivity index (χ0n) is 19.0. The summed E-state index contributed by atoms with van der Waals surface area (Å²) in [4.78, 5) is 2.53. The van der Waals surface area contributed by atoms with Crippen LogP contribution >= 0.6 is 0 Å². The molecule has 1 aliphatic heterocycles. The maximum absolute atomic E-state index is 5.45. The molecule has 6 rings (SSSR count). The van der Waals surface area contributed by atoms with Gasteiger partial charge in [-0.3, -0.25) is 4.90 Å². The van der Waals surface area contributed by atoms with Gasteiger partial charge in [0.15, 0.2) is 11.5 Å². The van der Waals surface area contributed by atoms with Gasteiger partial charge in [0.05, 0.1) is 18.7 Å². The molecule has 10 heteroatoms. The van der Waals surface area contributed by atoms with Crippen LogP contribution < -0.4 is 4.74 Å². The Bertz CT molecular complexity index is 1250. The van der Waals surface area contributed by atoms with Crippen LogP contribution in [0.5, 0.6) is 5.75 Å². The van der Waals surface area contributed by atoms with E-state index in [0.717, 1.165) is 59.6 Å². The maximum Gasteiger partial charge on any atom is 0.185 e. The van der Waals surface area contributed by atoms with Gasteiger partial charge in [-0.15, -0.1) is 10.2 Å². The molecule has 10 nitrogen and oxygen atoms in total. The Hall–Kier alpha value is -3.14. The molecule has 1 atom stereocenters. The highest BCUT2D eigenvalue weighted by Crippen LogP contribution is 2.37. The number of hydrogen-bond donors (Lipinski definition) is 0. The van der Waals surface area contributed by atoms with Gasteiger partial charge in [0, 0.05) is 17.0 Å². The molecule has 0 unspecified atom stereocenters. The van der Waals surface area contributed by atoms with Gasteiger partial charge < -0.3 is 4.74 Å². The number of nitrogens with zero attached hydrogens (tertiary/aromatic N) is 9. The van der Waals surface area contributed by atoms with Gasteiger partial charge in [-0.25, -0.2) is 4.68 Å². The Morgan fingerprint density at radius 2 is 1.70 bits per heavy atom. The third kappa shape index (κ3) is 3.62. The highest BCUT2D eigenvalue weighted by Gasteiger charge is 2.34. The number of methoxy groups -OCH3 is 1. The SMILES string of the molecule is COc1ccc2cc([C@H](c3nnnn3C3CCCC3)N3CCCCCC3)c3nnnn3c2c1. The summed E-state index contributed by atoms with van der Waals surface area (Å²) >= 11 is 0. The molecular weight excluding hydrogens is 418 g/mol. The molecule has 0 bridgehead atoms. The van der Waals surface area contributed by atoms with Crippen molar-refractivity contribution in [1.82, 2.24) is 45.1 Å². The fourth-order valence-corrected chi connectivity index (χ4v) is 5.56. The van der Waals surface area contributed by atoms with Crippen LogP contribution in [-0.4, -0.2) is 65.3 Å². The zero-order valence-corrected chi connectivity index (χ0v) is 19.0. The zero-order chi connectivity index (χ0) is 22.2. The molecule has 33 heavy (non-hydrogen) atoms. The number of pyridine rings is 1. The summed E-state index contributed by atoms with van der Waals surface area (Å²) in [5, 5.41) is 27.1. The number of benzene rings is 1. The summed E-state index contributed by atoms with van der Waals surface area (Å²) in [5.74, 6) is 1.68. The van der Waals surface area contributed by atoms with E-state index >= 15 is 0 Å². The topological polar surface area (TPSA) is 99.2 Å². The number of hydrogen-bond acceptors (Lipinski definition) is 8. The lowest BCUT2D eigenvalue weighted by atomic mass is 10.0. The summed E-state index contributed by atoms with van der Waals surface area (Å²) in [6.07, 6.45) is 9.59.